The lowest BCUT2D eigenvalue weighted by Crippen LogP contribution is -2.40. The number of amides is 1. The molecule has 0 saturated carbocycles. The fourth-order valence-electron chi connectivity index (χ4n) is 2.59. The Bertz CT molecular complexity index is 548. The van der Waals surface area contributed by atoms with Crippen molar-refractivity contribution in [3.63, 3.8) is 0 Å². The summed E-state index contributed by atoms with van der Waals surface area (Å²) in [7, 11) is 1.94. The van der Waals surface area contributed by atoms with E-state index < -0.39 is 4.92 Å². The standard InChI is InChI=1S/C14H18BrN3O3.ClH/c1-16-9-10-4-6-17(7-5-10)14(19)12-3-2-11(18(20)21)8-13(12)15;/h2-3,8,10,16H,4-7,9H2,1H3;1H. The largest absolute Gasteiger partial charge is 0.339 e. The zero-order chi connectivity index (χ0) is 15.4. The lowest BCUT2D eigenvalue weighted by Gasteiger charge is -2.32. The average molecular weight is 393 g/mol. The highest BCUT2D eigenvalue weighted by Crippen LogP contribution is 2.26. The third kappa shape index (κ3) is 4.41. The number of likely N-dealkylation sites (tertiary alicyclic amines) is 1. The van der Waals surface area contributed by atoms with Crippen molar-refractivity contribution in [2.24, 2.45) is 5.92 Å². The Morgan fingerprint density at radius 2 is 2.09 bits per heavy atom. The molecular weight excluding hydrogens is 374 g/mol. The van der Waals surface area contributed by atoms with Crippen molar-refractivity contribution in [1.29, 1.82) is 0 Å². The van der Waals surface area contributed by atoms with Gasteiger partial charge in [-0.05, 0) is 54.3 Å². The number of carbonyl (C=O) groups excluding carboxylic acids is 1. The Morgan fingerprint density at radius 3 is 2.59 bits per heavy atom. The number of nitro groups is 1. The number of halogens is 2. The molecule has 8 heteroatoms. The van der Waals surface area contributed by atoms with E-state index in [1.807, 2.05) is 11.9 Å². The summed E-state index contributed by atoms with van der Waals surface area (Å²) in [4.78, 5) is 24.5. The van der Waals surface area contributed by atoms with E-state index in [1.54, 1.807) is 0 Å². The van der Waals surface area contributed by atoms with Gasteiger partial charge in [0.25, 0.3) is 11.6 Å². The van der Waals surface area contributed by atoms with E-state index in [0.29, 0.717) is 16.0 Å². The first-order valence-corrected chi connectivity index (χ1v) is 7.70. The molecule has 6 nitrogen and oxygen atoms in total. The van der Waals surface area contributed by atoms with Crippen LogP contribution in [0.15, 0.2) is 22.7 Å². The van der Waals surface area contributed by atoms with Crippen LogP contribution in [-0.2, 0) is 0 Å². The molecule has 1 aliphatic heterocycles. The summed E-state index contributed by atoms with van der Waals surface area (Å²) in [6, 6.07) is 4.26. The first-order chi connectivity index (χ1) is 10.0. The second kappa shape index (κ2) is 8.45. The number of nitrogens with one attached hydrogen (secondary N) is 1. The van der Waals surface area contributed by atoms with E-state index >= 15 is 0 Å². The summed E-state index contributed by atoms with van der Waals surface area (Å²) < 4.78 is 0.471. The molecule has 122 valence electrons. The molecule has 0 unspecified atom stereocenters. The molecule has 22 heavy (non-hydrogen) atoms. The third-order valence-corrected chi connectivity index (χ3v) is 4.44. The minimum Gasteiger partial charge on any atom is -0.339 e. The Morgan fingerprint density at radius 1 is 1.45 bits per heavy atom. The van der Waals surface area contributed by atoms with E-state index in [9.17, 15) is 14.9 Å². The molecule has 2 rings (SSSR count). The zero-order valence-electron chi connectivity index (χ0n) is 12.3. The van der Waals surface area contributed by atoms with Crippen molar-refractivity contribution in [3.05, 3.63) is 38.3 Å². The van der Waals surface area contributed by atoms with Crippen molar-refractivity contribution < 1.29 is 9.72 Å². The van der Waals surface area contributed by atoms with Gasteiger partial charge in [-0.15, -0.1) is 12.4 Å². The maximum atomic E-state index is 12.5. The summed E-state index contributed by atoms with van der Waals surface area (Å²) in [5, 5.41) is 13.9. The lowest BCUT2D eigenvalue weighted by molar-refractivity contribution is -0.384. The maximum absolute atomic E-state index is 12.5. The van der Waals surface area contributed by atoms with Gasteiger partial charge in [-0.25, -0.2) is 0 Å². The summed E-state index contributed by atoms with van der Waals surface area (Å²) in [5.41, 5.74) is 0.457. The van der Waals surface area contributed by atoms with Gasteiger partial charge in [0.15, 0.2) is 0 Å². The van der Waals surface area contributed by atoms with Crippen LogP contribution in [0.1, 0.15) is 23.2 Å². The van der Waals surface area contributed by atoms with Crippen LogP contribution >= 0.6 is 28.3 Å². The number of nitro benzene ring substituents is 1. The minimum absolute atomic E-state index is 0. The molecule has 1 fully saturated rings. The zero-order valence-corrected chi connectivity index (χ0v) is 14.7. The second-order valence-corrected chi connectivity index (χ2v) is 6.07. The molecule has 1 aromatic rings. The highest BCUT2D eigenvalue weighted by molar-refractivity contribution is 9.10. The van der Waals surface area contributed by atoms with Gasteiger partial charge in [-0.1, -0.05) is 0 Å². The lowest BCUT2D eigenvalue weighted by atomic mass is 9.96. The van der Waals surface area contributed by atoms with Gasteiger partial charge in [0.1, 0.15) is 0 Å². The Labute approximate surface area is 143 Å². The first kappa shape index (κ1) is 18.9. The van der Waals surface area contributed by atoms with Crippen LogP contribution in [0.25, 0.3) is 0 Å². The average Bonchev–Trinajstić information content (AvgIpc) is 2.47. The third-order valence-electron chi connectivity index (χ3n) is 3.79. The van der Waals surface area contributed by atoms with E-state index in [-0.39, 0.29) is 24.0 Å². The predicted molar refractivity (Wildman–Crippen MR) is 90.6 cm³/mol. The van der Waals surface area contributed by atoms with E-state index in [4.69, 9.17) is 0 Å². The quantitative estimate of drug-likeness (QED) is 0.631. The molecule has 0 radical (unpaired) electrons. The van der Waals surface area contributed by atoms with Gasteiger partial charge in [-0.2, -0.15) is 0 Å². The van der Waals surface area contributed by atoms with Crippen LogP contribution in [0.3, 0.4) is 0 Å². The molecule has 0 aliphatic carbocycles. The number of carbonyl (C=O) groups is 1. The molecular formula is C14H19BrClN3O3. The highest BCUT2D eigenvalue weighted by atomic mass is 79.9. The highest BCUT2D eigenvalue weighted by Gasteiger charge is 2.25. The van der Waals surface area contributed by atoms with Crippen molar-refractivity contribution in [1.82, 2.24) is 10.2 Å². The topological polar surface area (TPSA) is 75.5 Å². The molecule has 1 saturated heterocycles. The Hall–Kier alpha value is -1.18. The van der Waals surface area contributed by atoms with Gasteiger partial charge in [0.2, 0.25) is 0 Å². The molecule has 0 atom stereocenters. The van der Waals surface area contributed by atoms with E-state index in [2.05, 4.69) is 21.2 Å². The van der Waals surface area contributed by atoms with E-state index in [1.165, 1.54) is 18.2 Å². The number of piperidine rings is 1. The molecule has 1 aromatic carbocycles. The number of nitrogens with zero attached hydrogens (tertiary/aromatic N) is 2. The normalized spacial score (nSPS) is 15.3. The van der Waals surface area contributed by atoms with E-state index in [0.717, 1.165) is 32.5 Å². The monoisotopic (exact) mass is 391 g/mol. The van der Waals surface area contributed by atoms with Crippen LogP contribution in [0.5, 0.6) is 0 Å². The summed E-state index contributed by atoms with van der Waals surface area (Å²) in [6.45, 7) is 2.44. The number of hydrogen-bond acceptors (Lipinski definition) is 4. The van der Waals surface area contributed by atoms with Gasteiger partial charge in [0, 0.05) is 29.7 Å². The Balaban J connectivity index is 0.00000242. The minimum atomic E-state index is -0.470. The first-order valence-electron chi connectivity index (χ1n) is 6.90. The number of rotatable bonds is 4. The summed E-state index contributed by atoms with van der Waals surface area (Å²) in [6.07, 6.45) is 1.97. The number of non-ortho nitro benzene ring substituents is 1. The molecule has 0 aromatic heterocycles. The van der Waals surface area contributed by atoms with Crippen LogP contribution in [0.4, 0.5) is 5.69 Å². The summed E-state index contributed by atoms with van der Waals surface area (Å²) >= 11 is 3.26. The van der Waals surface area contributed by atoms with Gasteiger partial charge >= 0.3 is 0 Å². The fraction of sp³-hybridized carbons (Fsp3) is 0.500. The van der Waals surface area contributed by atoms with Crippen LogP contribution < -0.4 is 5.32 Å². The van der Waals surface area contributed by atoms with Crippen LogP contribution in [0.2, 0.25) is 0 Å². The molecule has 1 aliphatic rings. The molecule has 0 bridgehead atoms. The SMILES string of the molecule is CNCC1CCN(C(=O)c2ccc([N+](=O)[O-])cc2Br)CC1.Cl. The second-order valence-electron chi connectivity index (χ2n) is 5.21. The van der Waals surface area contributed by atoms with Crippen LogP contribution in [-0.4, -0.2) is 42.4 Å². The van der Waals surface area contributed by atoms with Crippen molar-refractivity contribution in [2.75, 3.05) is 26.7 Å². The molecule has 1 amide bonds. The number of hydrogen-bond donors (Lipinski definition) is 1. The fourth-order valence-corrected chi connectivity index (χ4v) is 3.13. The Kier molecular flexibility index (Phi) is 7.25. The van der Waals surface area contributed by atoms with Crippen molar-refractivity contribution in [2.45, 2.75) is 12.8 Å². The van der Waals surface area contributed by atoms with Crippen LogP contribution in [0, 0.1) is 16.0 Å². The van der Waals surface area contributed by atoms with Crippen molar-refractivity contribution >= 4 is 39.9 Å². The maximum Gasteiger partial charge on any atom is 0.270 e. The summed E-state index contributed by atoms with van der Waals surface area (Å²) in [5.74, 6) is 0.541. The molecule has 0 spiro atoms. The smallest absolute Gasteiger partial charge is 0.270 e. The van der Waals surface area contributed by atoms with Crippen molar-refractivity contribution in [3.8, 4) is 0 Å². The number of benzene rings is 1. The van der Waals surface area contributed by atoms with Gasteiger partial charge in [-0.3, -0.25) is 14.9 Å². The van der Waals surface area contributed by atoms with Gasteiger partial charge < -0.3 is 10.2 Å². The van der Waals surface area contributed by atoms with Gasteiger partial charge in [0.05, 0.1) is 10.5 Å². The molecule has 1 heterocycles. The predicted octanol–water partition coefficient (Wildman–Crippen LogP) is 2.85. The molecule has 1 N–H and O–H groups in total.